The molecule has 0 bridgehead atoms. The molecular weight excluding hydrogens is 236 g/mol. The lowest BCUT2D eigenvalue weighted by molar-refractivity contribution is 0.506. The minimum absolute atomic E-state index is 0.0742. The molecule has 0 aliphatic heterocycles. The van der Waals surface area contributed by atoms with E-state index < -0.39 is 0 Å². The van der Waals surface area contributed by atoms with Crippen molar-refractivity contribution in [2.75, 3.05) is 5.32 Å². The summed E-state index contributed by atoms with van der Waals surface area (Å²) in [6.07, 6.45) is 0.748. The molecule has 2 aromatic heterocycles. The van der Waals surface area contributed by atoms with Crippen molar-refractivity contribution >= 4 is 17.4 Å². The highest BCUT2D eigenvalue weighted by Crippen LogP contribution is 2.25. The zero-order valence-electron chi connectivity index (χ0n) is 10.4. The van der Waals surface area contributed by atoms with E-state index in [1.54, 1.807) is 11.3 Å². The van der Waals surface area contributed by atoms with Crippen molar-refractivity contribution in [2.24, 2.45) is 0 Å². The minimum atomic E-state index is 0.0742. The predicted octanol–water partition coefficient (Wildman–Crippen LogP) is 2.88. The first kappa shape index (κ1) is 12.0. The van der Waals surface area contributed by atoms with Crippen LogP contribution in [-0.4, -0.2) is 15.2 Å². The molecule has 2 rings (SSSR count). The van der Waals surface area contributed by atoms with Crippen LogP contribution in [0.1, 0.15) is 41.4 Å². The van der Waals surface area contributed by atoms with E-state index in [4.69, 9.17) is 4.42 Å². The Bertz CT molecular complexity index is 505. The van der Waals surface area contributed by atoms with Gasteiger partial charge in [-0.15, -0.1) is 16.4 Å². The highest BCUT2D eigenvalue weighted by Gasteiger charge is 2.15. The Morgan fingerprint density at radius 1 is 1.35 bits per heavy atom. The third-order valence-electron chi connectivity index (χ3n) is 2.46. The van der Waals surface area contributed by atoms with Gasteiger partial charge in [-0.25, -0.2) is 4.98 Å². The summed E-state index contributed by atoms with van der Waals surface area (Å²) >= 11 is 1.70. The maximum absolute atomic E-state index is 5.41. The van der Waals surface area contributed by atoms with Crippen molar-refractivity contribution in [3.63, 3.8) is 0 Å². The van der Waals surface area contributed by atoms with E-state index in [0.29, 0.717) is 11.9 Å². The molecule has 0 unspecified atom stereocenters. The molecule has 0 aliphatic carbocycles. The number of rotatable bonds is 4. The Balaban J connectivity index is 2.11. The zero-order chi connectivity index (χ0) is 12.4. The lowest BCUT2D eigenvalue weighted by atomic mass is 10.2. The van der Waals surface area contributed by atoms with Crippen LogP contribution in [0, 0.1) is 13.8 Å². The van der Waals surface area contributed by atoms with Crippen LogP contribution in [0.5, 0.6) is 0 Å². The van der Waals surface area contributed by atoms with Gasteiger partial charge in [-0.2, -0.15) is 0 Å². The van der Waals surface area contributed by atoms with Gasteiger partial charge in [0.1, 0.15) is 0 Å². The highest BCUT2D eigenvalue weighted by molar-refractivity contribution is 7.11. The molecule has 0 saturated carbocycles. The molecule has 1 N–H and O–H groups in total. The second-order valence-electron chi connectivity index (χ2n) is 3.89. The van der Waals surface area contributed by atoms with Gasteiger partial charge in [0.2, 0.25) is 5.89 Å². The summed E-state index contributed by atoms with van der Waals surface area (Å²) in [7, 11) is 0. The molecule has 0 fully saturated rings. The van der Waals surface area contributed by atoms with Crippen molar-refractivity contribution in [2.45, 2.75) is 40.2 Å². The summed E-state index contributed by atoms with van der Waals surface area (Å²) in [5.41, 5.74) is 1.05. The Morgan fingerprint density at radius 3 is 2.65 bits per heavy atom. The fourth-order valence-corrected chi connectivity index (χ4v) is 2.57. The van der Waals surface area contributed by atoms with Crippen LogP contribution >= 0.6 is 11.3 Å². The molecule has 6 heteroatoms. The zero-order valence-corrected chi connectivity index (χ0v) is 11.3. The molecule has 0 spiro atoms. The molecule has 1 atom stereocenters. The van der Waals surface area contributed by atoms with Crippen LogP contribution in [0.15, 0.2) is 4.42 Å². The van der Waals surface area contributed by atoms with Gasteiger partial charge < -0.3 is 9.73 Å². The topological polar surface area (TPSA) is 63.8 Å². The van der Waals surface area contributed by atoms with Gasteiger partial charge in [-0.3, -0.25) is 0 Å². The van der Waals surface area contributed by atoms with E-state index in [0.717, 1.165) is 17.1 Å². The quantitative estimate of drug-likeness (QED) is 0.906. The number of aromatic nitrogens is 3. The fraction of sp³-hybridized carbons (Fsp3) is 0.545. The maximum Gasteiger partial charge on any atom is 0.315 e. The van der Waals surface area contributed by atoms with Crippen molar-refractivity contribution in [1.29, 1.82) is 0 Å². The molecule has 0 radical (unpaired) electrons. The van der Waals surface area contributed by atoms with Crippen LogP contribution in [-0.2, 0) is 6.42 Å². The molecule has 2 heterocycles. The van der Waals surface area contributed by atoms with E-state index >= 15 is 0 Å². The molecule has 0 aromatic carbocycles. The first-order chi connectivity index (χ1) is 8.10. The first-order valence-corrected chi connectivity index (χ1v) is 6.44. The molecular formula is C11H16N4OS. The first-order valence-electron chi connectivity index (χ1n) is 5.63. The second kappa shape index (κ2) is 4.83. The van der Waals surface area contributed by atoms with E-state index in [1.165, 1.54) is 4.88 Å². The third kappa shape index (κ3) is 2.63. The summed E-state index contributed by atoms with van der Waals surface area (Å²) < 4.78 is 5.41. The molecule has 2 aromatic rings. The van der Waals surface area contributed by atoms with E-state index in [9.17, 15) is 0 Å². The van der Waals surface area contributed by atoms with Crippen LogP contribution in [0.25, 0.3) is 0 Å². The van der Waals surface area contributed by atoms with Gasteiger partial charge in [-0.1, -0.05) is 12.0 Å². The molecule has 5 nitrogen and oxygen atoms in total. The lowest BCUT2D eigenvalue weighted by Crippen LogP contribution is -2.08. The number of thiazole rings is 1. The molecule has 17 heavy (non-hydrogen) atoms. The Labute approximate surface area is 104 Å². The number of nitrogens with one attached hydrogen (secondary N) is 1. The average Bonchev–Trinajstić information content (AvgIpc) is 2.85. The largest absolute Gasteiger partial charge is 0.408 e. The van der Waals surface area contributed by atoms with Gasteiger partial charge in [-0.05, 0) is 20.8 Å². The van der Waals surface area contributed by atoms with Crippen LogP contribution in [0.3, 0.4) is 0 Å². The highest BCUT2D eigenvalue weighted by atomic mass is 32.1. The number of nitrogens with zero attached hydrogens (tertiary/aromatic N) is 3. The average molecular weight is 252 g/mol. The van der Waals surface area contributed by atoms with Gasteiger partial charge >= 0.3 is 6.01 Å². The van der Waals surface area contributed by atoms with Gasteiger partial charge in [0.25, 0.3) is 0 Å². The Morgan fingerprint density at radius 2 is 2.12 bits per heavy atom. The monoisotopic (exact) mass is 252 g/mol. The number of hydrogen-bond acceptors (Lipinski definition) is 6. The predicted molar refractivity (Wildman–Crippen MR) is 67.3 cm³/mol. The van der Waals surface area contributed by atoms with Crippen molar-refractivity contribution in [3.8, 4) is 0 Å². The van der Waals surface area contributed by atoms with Crippen LogP contribution < -0.4 is 5.32 Å². The van der Waals surface area contributed by atoms with Crippen molar-refractivity contribution < 1.29 is 4.42 Å². The SMILES string of the molecule is CCc1nnc(N[C@H](C)c2nc(C)sc2C)o1. The van der Waals surface area contributed by atoms with Crippen LogP contribution in [0.2, 0.25) is 0 Å². The second-order valence-corrected chi connectivity index (χ2v) is 5.30. The smallest absolute Gasteiger partial charge is 0.315 e. The summed E-state index contributed by atoms with van der Waals surface area (Å²) in [5, 5.41) is 12.1. The summed E-state index contributed by atoms with van der Waals surface area (Å²) in [6.45, 7) is 8.10. The third-order valence-corrected chi connectivity index (χ3v) is 3.36. The standard InChI is InChI=1S/C11H16N4OS/c1-5-9-14-15-11(16-9)12-6(2)10-7(3)17-8(4)13-10/h6H,5H2,1-4H3,(H,12,15)/t6-/m1/s1. The number of hydrogen-bond donors (Lipinski definition) is 1. The maximum atomic E-state index is 5.41. The summed E-state index contributed by atoms with van der Waals surface area (Å²) in [4.78, 5) is 5.72. The van der Waals surface area contributed by atoms with Gasteiger partial charge in [0, 0.05) is 11.3 Å². The van der Waals surface area contributed by atoms with Crippen molar-refractivity contribution in [1.82, 2.24) is 15.2 Å². The molecule has 92 valence electrons. The summed E-state index contributed by atoms with van der Waals surface area (Å²) in [5.74, 6) is 0.644. The number of aryl methyl sites for hydroxylation is 3. The van der Waals surface area contributed by atoms with E-state index in [-0.39, 0.29) is 6.04 Å². The Kier molecular flexibility index (Phi) is 3.42. The normalized spacial score (nSPS) is 12.7. The Hall–Kier alpha value is -1.43. The number of anilines is 1. The fourth-order valence-electron chi connectivity index (χ4n) is 1.66. The van der Waals surface area contributed by atoms with E-state index in [1.807, 2.05) is 20.8 Å². The molecule has 0 amide bonds. The molecule has 0 saturated heterocycles. The lowest BCUT2D eigenvalue weighted by Gasteiger charge is -2.09. The van der Waals surface area contributed by atoms with Gasteiger partial charge in [0.05, 0.1) is 16.7 Å². The van der Waals surface area contributed by atoms with Crippen molar-refractivity contribution in [3.05, 3.63) is 21.5 Å². The van der Waals surface area contributed by atoms with Crippen LogP contribution in [0.4, 0.5) is 6.01 Å². The van der Waals surface area contributed by atoms with E-state index in [2.05, 4.69) is 27.4 Å². The molecule has 0 aliphatic rings. The minimum Gasteiger partial charge on any atom is -0.408 e. The van der Waals surface area contributed by atoms with Gasteiger partial charge in [0.15, 0.2) is 0 Å². The summed E-state index contributed by atoms with van der Waals surface area (Å²) in [6, 6.07) is 0.532.